The number of alkyl halides is 3. The quantitative estimate of drug-likeness (QED) is 0.642. The van der Waals surface area contributed by atoms with Crippen LogP contribution in [-0.2, 0) is 24.1 Å². The number of nitrogens with zero attached hydrogens (tertiary/aromatic N) is 1. The van der Waals surface area contributed by atoms with Gasteiger partial charge in [-0.15, -0.1) is 0 Å². The van der Waals surface area contributed by atoms with Crippen LogP contribution in [-0.4, -0.2) is 16.4 Å². The van der Waals surface area contributed by atoms with Crippen LogP contribution >= 0.6 is 0 Å². The maximum atomic E-state index is 12.8. The van der Waals surface area contributed by atoms with E-state index in [-0.39, 0.29) is 12.3 Å². The van der Waals surface area contributed by atoms with Gasteiger partial charge in [0.2, 0.25) is 5.91 Å². The first kappa shape index (κ1) is 20.9. The van der Waals surface area contributed by atoms with Gasteiger partial charge in [0, 0.05) is 24.5 Å². The zero-order valence-electron chi connectivity index (χ0n) is 15.4. The number of anilines is 1. The molecule has 3 rings (SSSR count). The number of benzene rings is 1. The summed E-state index contributed by atoms with van der Waals surface area (Å²) >= 11 is 0. The summed E-state index contributed by atoms with van der Waals surface area (Å²) in [4.78, 5) is 35.6. The maximum absolute atomic E-state index is 12.8. The number of carbonyl (C=O) groups excluding carboxylic acids is 2. The number of halogens is 3. The molecule has 2 heterocycles. The highest BCUT2D eigenvalue weighted by Gasteiger charge is 2.31. The summed E-state index contributed by atoms with van der Waals surface area (Å²) in [6, 6.07) is 11.1. The van der Waals surface area contributed by atoms with Crippen LogP contribution < -0.4 is 16.2 Å². The number of amides is 2. The number of pyridine rings is 1. The highest BCUT2D eigenvalue weighted by atomic mass is 19.4. The van der Waals surface area contributed by atoms with E-state index in [1.165, 1.54) is 12.3 Å². The van der Waals surface area contributed by atoms with E-state index in [0.29, 0.717) is 28.1 Å². The summed E-state index contributed by atoms with van der Waals surface area (Å²) in [5.74, 6) is -0.865. The molecule has 3 aromatic rings. The molecule has 0 bridgehead atoms. The van der Waals surface area contributed by atoms with E-state index in [1.807, 2.05) is 0 Å². The number of furan rings is 1. The van der Waals surface area contributed by atoms with Crippen LogP contribution in [0.25, 0.3) is 0 Å². The minimum atomic E-state index is -4.61. The molecule has 0 aliphatic heterocycles. The third-order valence-electron chi connectivity index (χ3n) is 4.07. The summed E-state index contributed by atoms with van der Waals surface area (Å²) < 4.78 is 43.9. The fraction of sp³-hybridized carbons (Fsp3) is 0.150. The molecule has 0 unspecified atom stereocenters. The minimum Gasteiger partial charge on any atom is -0.459 e. The van der Waals surface area contributed by atoms with Gasteiger partial charge in [0.1, 0.15) is 6.54 Å². The van der Waals surface area contributed by atoms with E-state index < -0.39 is 35.7 Å². The Labute approximate surface area is 168 Å². The van der Waals surface area contributed by atoms with Gasteiger partial charge in [-0.3, -0.25) is 14.4 Å². The monoisotopic (exact) mass is 419 g/mol. The van der Waals surface area contributed by atoms with Crippen LogP contribution in [0.1, 0.15) is 21.7 Å². The SMILES string of the molecule is O=C(Cn1cc(C(F)(F)F)ccc1=O)NCc1ccc(NC(=O)c2ccco2)cc1. The van der Waals surface area contributed by atoms with Crippen molar-refractivity contribution >= 4 is 17.5 Å². The summed E-state index contributed by atoms with van der Waals surface area (Å²) in [5, 5.41) is 5.18. The molecular formula is C20H16F3N3O4. The molecule has 2 amide bonds. The predicted molar refractivity (Wildman–Crippen MR) is 101 cm³/mol. The van der Waals surface area contributed by atoms with Crippen LogP contribution in [0.2, 0.25) is 0 Å². The molecule has 156 valence electrons. The molecule has 0 saturated heterocycles. The lowest BCUT2D eigenvalue weighted by Crippen LogP contribution is -2.32. The second-order valence-corrected chi connectivity index (χ2v) is 6.29. The number of nitrogens with one attached hydrogen (secondary N) is 2. The van der Waals surface area contributed by atoms with Gasteiger partial charge in [-0.2, -0.15) is 13.2 Å². The molecule has 0 atom stereocenters. The summed E-state index contributed by atoms with van der Waals surface area (Å²) in [6.07, 6.45) is -2.62. The molecule has 0 saturated carbocycles. The van der Waals surface area contributed by atoms with Gasteiger partial charge in [-0.1, -0.05) is 12.1 Å². The smallest absolute Gasteiger partial charge is 0.417 e. The third kappa shape index (κ3) is 5.37. The number of carbonyl (C=O) groups is 2. The van der Waals surface area contributed by atoms with E-state index >= 15 is 0 Å². The van der Waals surface area contributed by atoms with E-state index in [2.05, 4.69) is 10.6 Å². The van der Waals surface area contributed by atoms with E-state index in [4.69, 9.17) is 4.42 Å². The molecule has 1 aromatic carbocycles. The highest BCUT2D eigenvalue weighted by molar-refractivity contribution is 6.02. The van der Waals surface area contributed by atoms with Crippen molar-refractivity contribution in [3.63, 3.8) is 0 Å². The van der Waals surface area contributed by atoms with Gasteiger partial charge in [-0.25, -0.2) is 0 Å². The van der Waals surface area contributed by atoms with Crippen LogP contribution in [0.4, 0.5) is 18.9 Å². The Morgan fingerprint density at radius 1 is 1.03 bits per heavy atom. The largest absolute Gasteiger partial charge is 0.459 e. The average molecular weight is 419 g/mol. The Morgan fingerprint density at radius 3 is 2.40 bits per heavy atom. The van der Waals surface area contributed by atoms with Crippen LogP contribution in [0, 0.1) is 0 Å². The van der Waals surface area contributed by atoms with Crippen molar-refractivity contribution in [1.82, 2.24) is 9.88 Å². The molecule has 30 heavy (non-hydrogen) atoms. The fourth-order valence-corrected chi connectivity index (χ4v) is 2.54. The minimum absolute atomic E-state index is 0.0962. The molecule has 2 N–H and O–H groups in total. The Balaban J connectivity index is 1.55. The van der Waals surface area contributed by atoms with Gasteiger partial charge in [0.15, 0.2) is 5.76 Å². The Bertz CT molecular complexity index is 1090. The van der Waals surface area contributed by atoms with Gasteiger partial charge < -0.3 is 19.6 Å². The predicted octanol–water partition coefficient (Wildman–Crippen LogP) is 3.03. The molecule has 0 aliphatic carbocycles. The van der Waals surface area contributed by atoms with Crippen LogP contribution in [0.3, 0.4) is 0 Å². The van der Waals surface area contributed by atoms with Gasteiger partial charge in [0.25, 0.3) is 11.5 Å². The van der Waals surface area contributed by atoms with Crippen LogP contribution in [0.5, 0.6) is 0 Å². The lowest BCUT2D eigenvalue weighted by Gasteiger charge is -2.11. The summed E-state index contributed by atoms with van der Waals surface area (Å²) in [6.45, 7) is -0.445. The molecule has 7 nitrogen and oxygen atoms in total. The Hall–Kier alpha value is -3.82. The van der Waals surface area contributed by atoms with E-state index in [9.17, 15) is 27.6 Å². The number of rotatable bonds is 6. The number of hydrogen-bond acceptors (Lipinski definition) is 4. The van der Waals surface area contributed by atoms with Crippen molar-refractivity contribution < 1.29 is 27.2 Å². The normalized spacial score (nSPS) is 11.2. The van der Waals surface area contributed by atoms with E-state index in [1.54, 1.807) is 30.3 Å². The molecule has 0 radical (unpaired) electrons. The number of aromatic nitrogens is 1. The van der Waals surface area contributed by atoms with Gasteiger partial charge >= 0.3 is 6.18 Å². The van der Waals surface area contributed by atoms with Gasteiger partial charge in [0.05, 0.1) is 11.8 Å². The lowest BCUT2D eigenvalue weighted by molar-refractivity contribution is -0.138. The van der Waals surface area contributed by atoms with Crippen LogP contribution in [0.15, 0.2) is 70.2 Å². The molecule has 0 fully saturated rings. The molecule has 2 aromatic heterocycles. The maximum Gasteiger partial charge on any atom is 0.417 e. The van der Waals surface area contributed by atoms with E-state index in [0.717, 1.165) is 6.07 Å². The van der Waals surface area contributed by atoms with Crippen molar-refractivity contribution in [3.05, 3.63) is 88.2 Å². The molecule has 10 heteroatoms. The third-order valence-corrected chi connectivity index (χ3v) is 4.07. The summed E-state index contributed by atoms with van der Waals surface area (Å²) in [7, 11) is 0. The second-order valence-electron chi connectivity index (χ2n) is 6.29. The Kier molecular flexibility index (Phi) is 6.05. The van der Waals surface area contributed by atoms with Crippen molar-refractivity contribution in [2.24, 2.45) is 0 Å². The topological polar surface area (TPSA) is 93.3 Å². The lowest BCUT2D eigenvalue weighted by atomic mass is 10.2. The zero-order valence-corrected chi connectivity index (χ0v) is 15.4. The first-order valence-electron chi connectivity index (χ1n) is 8.70. The van der Waals surface area contributed by atoms with Gasteiger partial charge in [-0.05, 0) is 35.9 Å². The zero-order chi connectivity index (χ0) is 21.7. The summed E-state index contributed by atoms with van der Waals surface area (Å²) in [5.41, 5.74) is -0.519. The van der Waals surface area contributed by atoms with Crippen molar-refractivity contribution in [3.8, 4) is 0 Å². The standard InChI is InChI=1S/C20H16F3N3O4/c21-20(22,23)14-5-8-18(28)26(11-14)12-17(27)24-10-13-3-6-15(7-4-13)25-19(29)16-2-1-9-30-16/h1-9,11H,10,12H2,(H,24,27)(H,25,29). The fourth-order valence-electron chi connectivity index (χ4n) is 2.54. The highest BCUT2D eigenvalue weighted by Crippen LogP contribution is 2.27. The molecular weight excluding hydrogens is 403 g/mol. The van der Waals surface area contributed by atoms with Crippen molar-refractivity contribution in [1.29, 1.82) is 0 Å². The van der Waals surface area contributed by atoms with Crippen molar-refractivity contribution in [2.45, 2.75) is 19.3 Å². The second kappa shape index (κ2) is 8.68. The Morgan fingerprint density at radius 2 is 1.77 bits per heavy atom. The first-order chi connectivity index (χ1) is 14.2. The molecule has 0 spiro atoms. The first-order valence-corrected chi connectivity index (χ1v) is 8.70. The van der Waals surface area contributed by atoms with Crippen molar-refractivity contribution in [2.75, 3.05) is 5.32 Å². The average Bonchev–Trinajstić information content (AvgIpc) is 3.23. The molecule has 0 aliphatic rings. The number of hydrogen-bond donors (Lipinski definition) is 2.